The van der Waals surface area contributed by atoms with E-state index < -0.39 is 5.82 Å². The van der Waals surface area contributed by atoms with E-state index >= 15 is 0 Å². The van der Waals surface area contributed by atoms with Crippen molar-refractivity contribution < 1.29 is 13.9 Å². The molecule has 0 saturated carbocycles. The second-order valence-electron chi connectivity index (χ2n) is 7.44. The van der Waals surface area contributed by atoms with E-state index in [9.17, 15) is 9.18 Å². The Kier molecular flexibility index (Phi) is 4.37. The molecule has 0 radical (unpaired) electrons. The average Bonchev–Trinajstić information content (AvgIpc) is 3.29. The lowest BCUT2D eigenvalue weighted by atomic mass is 9.90. The van der Waals surface area contributed by atoms with E-state index in [1.807, 2.05) is 5.38 Å². The zero-order valence-corrected chi connectivity index (χ0v) is 16.2. The number of pyridine rings is 1. The van der Waals surface area contributed by atoms with Crippen molar-refractivity contribution in [3.63, 3.8) is 0 Å². The standard InChI is InChI=1S/C19H20FN5O2S/c1-24-13-3-12(4-14(24)8-27-7-13)23-19(26)16-6-25(17-9-28-10-22-17)18-15(16)2-11(20)5-21-18/h2,5-6,9-10,12-14H,3-4,7-8H2,1H3,(H,23,26)/t12-,13-,14+. The van der Waals surface area contributed by atoms with Crippen LogP contribution in [0.3, 0.4) is 0 Å². The van der Waals surface area contributed by atoms with Crippen LogP contribution in [0, 0.1) is 5.82 Å². The summed E-state index contributed by atoms with van der Waals surface area (Å²) in [5.74, 6) is -0.0115. The maximum Gasteiger partial charge on any atom is 0.253 e. The predicted molar refractivity (Wildman–Crippen MR) is 103 cm³/mol. The zero-order valence-electron chi connectivity index (χ0n) is 15.3. The van der Waals surface area contributed by atoms with Gasteiger partial charge in [-0.3, -0.25) is 14.3 Å². The minimum Gasteiger partial charge on any atom is -0.378 e. The summed E-state index contributed by atoms with van der Waals surface area (Å²) in [6.07, 6.45) is 4.54. The number of nitrogens with one attached hydrogen (secondary N) is 1. The summed E-state index contributed by atoms with van der Waals surface area (Å²) >= 11 is 1.45. The Morgan fingerprint density at radius 2 is 2.11 bits per heavy atom. The Bertz CT molecular complexity index is 1010. The van der Waals surface area contributed by atoms with Crippen LogP contribution < -0.4 is 5.32 Å². The van der Waals surface area contributed by atoms with Gasteiger partial charge in [0.15, 0.2) is 0 Å². The summed E-state index contributed by atoms with van der Waals surface area (Å²) in [6.45, 7) is 1.38. The summed E-state index contributed by atoms with van der Waals surface area (Å²) < 4.78 is 21.2. The van der Waals surface area contributed by atoms with Gasteiger partial charge in [-0.1, -0.05) is 0 Å². The molecule has 2 fully saturated rings. The lowest BCUT2D eigenvalue weighted by Gasteiger charge is -2.46. The highest BCUT2D eigenvalue weighted by atomic mass is 32.1. The monoisotopic (exact) mass is 401 g/mol. The first-order valence-corrected chi connectivity index (χ1v) is 10.2. The molecule has 1 amide bonds. The van der Waals surface area contributed by atoms with Gasteiger partial charge in [0.2, 0.25) is 0 Å². The fourth-order valence-corrected chi connectivity index (χ4v) is 4.76. The number of fused-ring (bicyclic) bond motifs is 3. The van der Waals surface area contributed by atoms with E-state index in [0.717, 1.165) is 19.0 Å². The number of carbonyl (C=O) groups excluding carboxylic acids is 1. The van der Waals surface area contributed by atoms with E-state index in [4.69, 9.17) is 4.74 Å². The SMILES string of the molecule is CN1[C@@H]2COC[C@H]1C[C@@H](NC(=O)c1cn(-c3cscn3)c3ncc(F)cc13)C2. The molecule has 0 spiro atoms. The van der Waals surface area contributed by atoms with Gasteiger partial charge in [0.1, 0.15) is 17.3 Å². The normalized spacial score (nSPS) is 25.1. The topological polar surface area (TPSA) is 72.3 Å². The molecular formula is C19H20FN5O2S. The molecule has 5 rings (SSSR count). The van der Waals surface area contributed by atoms with Crippen molar-refractivity contribution in [2.24, 2.45) is 0 Å². The molecule has 0 aromatic carbocycles. The molecule has 3 aromatic heterocycles. The fourth-order valence-electron chi connectivity index (χ4n) is 4.24. The second-order valence-corrected chi connectivity index (χ2v) is 8.16. The van der Waals surface area contributed by atoms with Crippen LogP contribution in [0.1, 0.15) is 23.2 Å². The highest BCUT2D eigenvalue weighted by Crippen LogP contribution is 2.28. The van der Waals surface area contributed by atoms with Crippen LogP contribution in [0.25, 0.3) is 16.9 Å². The van der Waals surface area contributed by atoms with Gasteiger partial charge < -0.3 is 10.1 Å². The van der Waals surface area contributed by atoms with Crippen LogP contribution >= 0.6 is 11.3 Å². The largest absolute Gasteiger partial charge is 0.378 e. The number of morpholine rings is 1. The van der Waals surface area contributed by atoms with Gasteiger partial charge in [-0.2, -0.15) is 0 Å². The Morgan fingerprint density at radius 1 is 1.32 bits per heavy atom. The van der Waals surface area contributed by atoms with Crippen LogP contribution in [0.4, 0.5) is 4.39 Å². The number of aromatic nitrogens is 3. The first-order chi connectivity index (χ1) is 13.6. The van der Waals surface area contributed by atoms with Crippen molar-refractivity contribution in [2.75, 3.05) is 20.3 Å². The number of ether oxygens (including phenoxy) is 1. The second kappa shape index (κ2) is 6.91. The average molecular weight is 401 g/mol. The van der Waals surface area contributed by atoms with Crippen LogP contribution in [-0.4, -0.2) is 63.7 Å². The maximum atomic E-state index is 13.9. The molecule has 3 aromatic rings. The summed E-state index contributed by atoms with van der Waals surface area (Å²) in [7, 11) is 2.12. The van der Waals surface area contributed by atoms with Gasteiger partial charge in [0.05, 0.1) is 30.5 Å². The molecule has 28 heavy (non-hydrogen) atoms. The molecule has 2 saturated heterocycles. The zero-order chi connectivity index (χ0) is 19.3. The molecule has 3 atom stereocenters. The molecular weight excluding hydrogens is 381 g/mol. The quantitative estimate of drug-likeness (QED) is 0.729. The smallest absolute Gasteiger partial charge is 0.253 e. The summed E-state index contributed by atoms with van der Waals surface area (Å²) in [6, 6.07) is 2.06. The highest BCUT2D eigenvalue weighted by molar-refractivity contribution is 7.07. The first kappa shape index (κ1) is 17.7. The number of thiazole rings is 1. The number of piperidine rings is 1. The Balaban J connectivity index is 1.46. The number of halogens is 1. The van der Waals surface area contributed by atoms with Gasteiger partial charge >= 0.3 is 0 Å². The number of hydrogen-bond acceptors (Lipinski definition) is 6. The van der Waals surface area contributed by atoms with Crippen LogP contribution in [-0.2, 0) is 4.74 Å². The van der Waals surface area contributed by atoms with Crippen molar-refractivity contribution in [1.29, 1.82) is 0 Å². The molecule has 1 N–H and O–H groups in total. The number of hydrogen-bond donors (Lipinski definition) is 1. The maximum absolute atomic E-state index is 13.9. The molecule has 0 aliphatic carbocycles. The van der Waals surface area contributed by atoms with E-state index in [1.54, 1.807) is 16.3 Å². The Labute approximate surface area is 165 Å². The van der Waals surface area contributed by atoms with Gasteiger partial charge in [0.25, 0.3) is 5.91 Å². The highest BCUT2D eigenvalue weighted by Gasteiger charge is 2.37. The molecule has 9 heteroatoms. The molecule has 2 aliphatic rings. The first-order valence-electron chi connectivity index (χ1n) is 9.26. The number of nitrogens with zero attached hydrogens (tertiary/aromatic N) is 4. The Hall–Kier alpha value is -2.36. The van der Waals surface area contributed by atoms with Crippen LogP contribution in [0.2, 0.25) is 0 Å². The summed E-state index contributed by atoms with van der Waals surface area (Å²) in [4.78, 5) is 23.9. The summed E-state index contributed by atoms with van der Waals surface area (Å²) in [5.41, 5.74) is 2.64. The molecule has 2 aliphatic heterocycles. The van der Waals surface area contributed by atoms with E-state index in [1.165, 1.54) is 17.4 Å². The summed E-state index contributed by atoms with van der Waals surface area (Å²) in [5, 5.41) is 5.51. The van der Waals surface area contributed by atoms with Crippen LogP contribution in [0.5, 0.6) is 0 Å². The number of likely N-dealkylation sites (N-methyl/N-ethyl adjacent to an activating group) is 1. The van der Waals surface area contributed by atoms with E-state index in [2.05, 4.69) is 27.2 Å². The fraction of sp³-hybridized carbons (Fsp3) is 0.421. The minimum atomic E-state index is -0.469. The van der Waals surface area contributed by atoms with Gasteiger partial charge in [0, 0.05) is 35.1 Å². The van der Waals surface area contributed by atoms with Crippen molar-refractivity contribution in [3.05, 3.63) is 40.7 Å². The minimum absolute atomic E-state index is 0.0711. The Morgan fingerprint density at radius 3 is 2.82 bits per heavy atom. The number of carbonyl (C=O) groups is 1. The van der Waals surface area contributed by atoms with Gasteiger partial charge in [-0.05, 0) is 26.0 Å². The van der Waals surface area contributed by atoms with Crippen LogP contribution in [0.15, 0.2) is 29.4 Å². The third-order valence-electron chi connectivity index (χ3n) is 5.74. The lowest BCUT2D eigenvalue weighted by Crippen LogP contribution is -2.59. The van der Waals surface area contributed by atoms with Gasteiger partial charge in [-0.15, -0.1) is 11.3 Å². The van der Waals surface area contributed by atoms with Crippen molar-refractivity contribution in [1.82, 2.24) is 24.8 Å². The van der Waals surface area contributed by atoms with E-state index in [-0.39, 0.29) is 11.9 Å². The van der Waals surface area contributed by atoms with Gasteiger partial charge in [-0.25, -0.2) is 14.4 Å². The lowest BCUT2D eigenvalue weighted by molar-refractivity contribution is -0.0670. The predicted octanol–water partition coefficient (Wildman–Crippen LogP) is 2.21. The molecule has 146 valence electrons. The van der Waals surface area contributed by atoms with Crippen molar-refractivity contribution in [3.8, 4) is 5.82 Å². The number of amides is 1. The molecule has 2 bridgehead atoms. The third-order valence-corrected chi connectivity index (χ3v) is 6.32. The van der Waals surface area contributed by atoms with Crippen molar-refractivity contribution >= 4 is 28.3 Å². The van der Waals surface area contributed by atoms with E-state index in [0.29, 0.717) is 47.7 Å². The molecule has 7 nitrogen and oxygen atoms in total. The molecule has 5 heterocycles. The number of rotatable bonds is 3. The third kappa shape index (κ3) is 2.99. The van der Waals surface area contributed by atoms with Crippen molar-refractivity contribution in [2.45, 2.75) is 31.0 Å². The molecule has 0 unspecified atom stereocenters.